The van der Waals surface area contributed by atoms with Crippen molar-refractivity contribution in [3.63, 3.8) is 0 Å². The quantitative estimate of drug-likeness (QED) is 0.674. The Balaban J connectivity index is 1.47. The largest absolute Gasteiger partial charge is 0.492 e. The molecular weight excluding hydrogens is 412 g/mol. The number of hydrogen-bond acceptors (Lipinski definition) is 4. The minimum Gasteiger partial charge on any atom is -0.492 e. The summed E-state index contributed by atoms with van der Waals surface area (Å²) in [7, 11) is 1.74. The highest BCUT2D eigenvalue weighted by molar-refractivity contribution is 9.10. The summed E-state index contributed by atoms with van der Waals surface area (Å²) in [5.41, 5.74) is 0.711. The normalized spacial score (nSPS) is 13.0. The number of likely N-dealkylation sites (N-methyl/N-ethyl adjacent to an activating group) is 1. The van der Waals surface area contributed by atoms with Crippen LogP contribution in [-0.4, -0.2) is 50.1 Å². The number of halogens is 1. The van der Waals surface area contributed by atoms with Gasteiger partial charge in [-0.25, -0.2) is 0 Å². The predicted octanol–water partition coefficient (Wildman–Crippen LogP) is 3.10. The fourth-order valence-corrected chi connectivity index (χ4v) is 3.02. The van der Waals surface area contributed by atoms with Crippen LogP contribution in [0.15, 0.2) is 53.0 Å². The Morgan fingerprint density at radius 3 is 2.74 bits per heavy atom. The van der Waals surface area contributed by atoms with Crippen LogP contribution in [0, 0.1) is 0 Å². The van der Waals surface area contributed by atoms with E-state index in [0.29, 0.717) is 31.1 Å². The van der Waals surface area contributed by atoms with Crippen LogP contribution in [0.3, 0.4) is 0 Å². The zero-order valence-electron chi connectivity index (χ0n) is 15.1. The maximum Gasteiger partial charge on any atom is 0.265 e. The van der Waals surface area contributed by atoms with Crippen LogP contribution < -0.4 is 14.4 Å². The zero-order chi connectivity index (χ0) is 19.2. The number of para-hydroxylation sites is 2. The first-order chi connectivity index (χ1) is 13.0. The van der Waals surface area contributed by atoms with Gasteiger partial charge in [-0.3, -0.25) is 9.59 Å². The number of carbonyl (C=O) groups is 2. The molecule has 2 amide bonds. The van der Waals surface area contributed by atoms with Crippen molar-refractivity contribution in [2.24, 2.45) is 0 Å². The number of nitrogens with zero attached hydrogens (tertiary/aromatic N) is 2. The lowest BCUT2D eigenvalue weighted by molar-refractivity contribution is -0.130. The van der Waals surface area contributed by atoms with Crippen LogP contribution in [0.1, 0.15) is 6.42 Å². The van der Waals surface area contributed by atoms with Crippen LogP contribution in [0.5, 0.6) is 11.5 Å². The van der Waals surface area contributed by atoms with Gasteiger partial charge in [0.2, 0.25) is 5.91 Å². The van der Waals surface area contributed by atoms with Crippen LogP contribution in [0.25, 0.3) is 0 Å². The van der Waals surface area contributed by atoms with Gasteiger partial charge in [-0.05, 0) is 36.4 Å². The van der Waals surface area contributed by atoms with E-state index in [-0.39, 0.29) is 24.8 Å². The topological polar surface area (TPSA) is 59.1 Å². The maximum atomic E-state index is 12.4. The Hall–Kier alpha value is -2.54. The molecule has 1 heterocycles. The molecule has 0 bridgehead atoms. The minimum atomic E-state index is -0.136. The highest BCUT2D eigenvalue weighted by Crippen LogP contribution is 2.31. The summed E-state index contributed by atoms with van der Waals surface area (Å²) in [6.07, 6.45) is 0.245. The van der Waals surface area contributed by atoms with E-state index in [0.717, 1.165) is 10.2 Å². The lowest BCUT2D eigenvalue weighted by atomic mass is 10.2. The van der Waals surface area contributed by atoms with Gasteiger partial charge in [0.05, 0.1) is 12.2 Å². The minimum absolute atomic E-state index is 0.00206. The van der Waals surface area contributed by atoms with Gasteiger partial charge in [0, 0.05) is 24.5 Å². The van der Waals surface area contributed by atoms with Gasteiger partial charge >= 0.3 is 0 Å². The molecule has 0 radical (unpaired) electrons. The Kier molecular flexibility index (Phi) is 6.34. The summed E-state index contributed by atoms with van der Waals surface area (Å²) in [5, 5.41) is 0. The van der Waals surface area contributed by atoms with Gasteiger partial charge in [0.1, 0.15) is 18.1 Å². The highest BCUT2D eigenvalue weighted by atomic mass is 79.9. The summed E-state index contributed by atoms with van der Waals surface area (Å²) < 4.78 is 12.0. The van der Waals surface area contributed by atoms with Crippen LogP contribution >= 0.6 is 15.9 Å². The van der Waals surface area contributed by atoms with Crippen LogP contribution in [0.4, 0.5) is 5.69 Å². The first kappa shape index (κ1) is 19.2. The van der Waals surface area contributed by atoms with Gasteiger partial charge < -0.3 is 19.3 Å². The molecule has 0 saturated heterocycles. The molecule has 6 nitrogen and oxygen atoms in total. The van der Waals surface area contributed by atoms with Gasteiger partial charge in [-0.15, -0.1) is 0 Å². The molecule has 27 heavy (non-hydrogen) atoms. The fourth-order valence-electron chi connectivity index (χ4n) is 2.75. The summed E-state index contributed by atoms with van der Waals surface area (Å²) in [5.74, 6) is 1.25. The van der Waals surface area contributed by atoms with Gasteiger partial charge in [0.25, 0.3) is 5.91 Å². The number of anilines is 1. The molecule has 3 rings (SSSR count). The molecule has 0 aromatic heterocycles. The van der Waals surface area contributed by atoms with Crippen LogP contribution in [-0.2, 0) is 9.59 Å². The molecule has 0 atom stereocenters. The molecule has 2 aromatic rings. The fraction of sp³-hybridized carbons (Fsp3) is 0.300. The van der Waals surface area contributed by atoms with Crippen molar-refractivity contribution in [2.45, 2.75) is 6.42 Å². The molecule has 142 valence electrons. The van der Waals surface area contributed by atoms with Crippen LogP contribution in [0.2, 0.25) is 0 Å². The van der Waals surface area contributed by atoms with Crippen molar-refractivity contribution in [1.29, 1.82) is 0 Å². The number of amides is 2. The second-order valence-electron chi connectivity index (χ2n) is 6.17. The second-order valence-corrected chi connectivity index (χ2v) is 7.09. The molecule has 1 aliphatic rings. The standard InChI is InChI=1S/C20H21BrN2O4/c1-22(12-13-26-16-8-6-15(21)7-9-16)19(24)10-11-23-17-4-2-3-5-18(17)27-14-20(23)25/h2-9H,10-14H2,1H3. The maximum absolute atomic E-state index is 12.4. The molecule has 0 spiro atoms. The number of rotatable bonds is 7. The first-order valence-corrected chi connectivity index (χ1v) is 9.48. The van der Waals surface area contributed by atoms with E-state index in [4.69, 9.17) is 9.47 Å². The molecule has 0 fully saturated rings. The number of benzene rings is 2. The van der Waals surface area contributed by atoms with Crippen molar-refractivity contribution in [3.8, 4) is 11.5 Å². The Labute approximate surface area is 166 Å². The average Bonchev–Trinajstić information content (AvgIpc) is 2.68. The van der Waals surface area contributed by atoms with E-state index in [1.165, 1.54) is 0 Å². The number of ether oxygens (including phenoxy) is 2. The highest BCUT2D eigenvalue weighted by Gasteiger charge is 2.25. The van der Waals surface area contributed by atoms with Crippen molar-refractivity contribution < 1.29 is 19.1 Å². The summed E-state index contributed by atoms with van der Waals surface area (Å²) in [6, 6.07) is 14.9. The first-order valence-electron chi connectivity index (χ1n) is 8.69. The number of fused-ring (bicyclic) bond motifs is 1. The van der Waals surface area contributed by atoms with Gasteiger partial charge in [-0.1, -0.05) is 28.1 Å². The van der Waals surface area contributed by atoms with E-state index >= 15 is 0 Å². The molecule has 0 saturated carbocycles. The SMILES string of the molecule is CN(CCOc1ccc(Br)cc1)C(=O)CCN1C(=O)COc2ccccc21. The third-order valence-electron chi connectivity index (χ3n) is 4.29. The van der Waals surface area contributed by atoms with E-state index in [2.05, 4.69) is 15.9 Å². The Bertz CT molecular complexity index is 810. The monoisotopic (exact) mass is 432 g/mol. The summed E-state index contributed by atoms with van der Waals surface area (Å²) >= 11 is 3.38. The molecule has 1 aliphatic heterocycles. The zero-order valence-corrected chi connectivity index (χ0v) is 16.6. The van der Waals surface area contributed by atoms with E-state index in [9.17, 15) is 9.59 Å². The summed E-state index contributed by atoms with van der Waals surface area (Å²) in [6.45, 7) is 1.21. The number of hydrogen-bond donors (Lipinski definition) is 0. The second kappa shape index (κ2) is 8.90. The third kappa shape index (κ3) is 5.01. The molecule has 2 aromatic carbocycles. The number of carbonyl (C=O) groups excluding carboxylic acids is 2. The smallest absolute Gasteiger partial charge is 0.265 e. The molecular formula is C20H21BrN2O4. The molecule has 7 heteroatoms. The lowest BCUT2D eigenvalue weighted by Crippen LogP contribution is -2.41. The predicted molar refractivity (Wildman–Crippen MR) is 106 cm³/mol. The van der Waals surface area contributed by atoms with Crippen molar-refractivity contribution in [1.82, 2.24) is 4.90 Å². The summed E-state index contributed by atoms with van der Waals surface area (Å²) in [4.78, 5) is 27.8. The van der Waals surface area contributed by atoms with Gasteiger partial charge in [0.15, 0.2) is 6.61 Å². The van der Waals surface area contributed by atoms with Crippen molar-refractivity contribution >= 4 is 33.4 Å². The third-order valence-corrected chi connectivity index (χ3v) is 4.82. The van der Waals surface area contributed by atoms with Crippen molar-refractivity contribution in [3.05, 3.63) is 53.0 Å². The van der Waals surface area contributed by atoms with E-state index in [1.54, 1.807) is 16.8 Å². The van der Waals surface area contributed by atoms with E-state index in [1.807, 2.05) is 48.5 Å². The molecule has 0 aliphatic carbocycles. The lowest BCUT2D eigenvalue weighted by Gasteiger charge is -2.29. The van der Waals surface area contributed by atoms with Crippen molar-refractivity contribution in [2.75, 3.05) is 38.3 Å². The average molecular weight is 433 g/mol. The Morgan fingerprint density at radius 2 is 1.96 bits per heavy atom. The molecule has 0 N–H and O–H groups in total. The molecule has 0 unspecified atom stereocenters. The Morgan fingerprint density at radius 1 is 1.22 bits per heavy atom. The van der Waals surface area contributed by atoms with Gasteiger partial charge in [-0.2, -0.15) is 0 Å². The van der Waals surface area contributed by atoms with E-state index < -0.39 is 0 Å².